The third-order valence-corrected chi connectivity index (χ3v) is 3.89. The van der Waals surface area contributed by atoms with Crippen LogP contribution in [0.3, 0.4) is 0 Å². The van der Waals surface area contributed by atoms with E-state index in [4.69, 9.17) is 4.42 Å². The maximum atomic E-state index is 5.82. The van der Waals surface area contributed by atoms with E-state index in [9.17, 15) is 0 Å². The molecule has 1 aromatic heterocycles. The van der Waals surface area contributed by atoms with Crippen molar-refractivity contribution in [1.82, 2.24) is 10.2 Å². The molecule has 0 spiro atoms. The number of hydrogen-bond acceptors (Lipinski definition) is 3. The highest BCUT2D eigenvalue weighted by Crippen LogP contribution is 2.34. The van der Waals surface area contributed by atoms with Crippen molar-refractivity contribution in [3.63, 3.8) is 0 Å². The zero-order valence-corrected chi connectivity index (χ0v) is 11.9. The average Bonchev–Trinajstić information content (AvgIpc) is 2.99. The minimum Gasteiger partial charge on any atom is -0.420 e. The fourth-order valence-corrected chi connectivity index (χ4v) is 3.16. The summed E-state index contributed by atoms with van der Waals surface area (Å²) in [5.74, 6) is 1.90. The maximum Gasteiger partial charge on any atom is 0.247 e. The van der Waals surface area contributed by atoms with Crippen molar-refractivity contribution in [2.45, 2.75) is 38.5 Å². The molecule has 0 atom stereocenters. The standard InChI is InChI=1S/C14H15BrN2O/c1-9-6-11(8-12(15)7-9)14-17-16-13(18-14)10-4-2-3-5-10/h6-8,10H,2-5H2,1H3. The first kappa shape index (κ1) is 11.9. The Kier molecular flexibility index (Phi) is 3.20. The van der Waals surface area contributed by atoms with Gasteiger partial charge in [-0.05, 0) is 43.5 Å². The molecule has 4 heteroatoms. The van der Waals surface area contributed by atoms with Crippen molar-refractivity contribution >= 4 is 15.9 Å². The molecule has 1 saturated carbocycles. The lowest BCUT2D eigenvalue weighted by Crippen LogP contribution is -1.91. The number of hydrogen-bond donors (Lipinski definition) is 0. The van der Waals surface area contributed by atoms with Gasteiger partial charge in [-0.25, -0.2) is 0 Å². The smallest absolute Gasteiger partial charge is 0.247 e. The van der Waals surface area contributed by atoms with Crippen molar-refractivity contribution in [1.29, 1.82) is 0 Å². The summed E-state index contributed by atoms with van der Waals surface area (Å²) in [4.78, 5) is 0. The molecule has 1 aliphatic carbocycles. The SMILES string of the molecule is Cc1cc(Br)cc(-c2nnc(C3CCCC3)o2)c1. The van der Waals surface area contributed by atoms with E-state index in [2.05, 4.69) is 45.2 Å². The fraction of sp³-hybridized carbons (Fsp3) is 0.429. The molecule has 0 saturated heterocycles. The van der Waals surface area contributed by atoms with Gasteiger partial charge in [-0.1, -0.05) is 28.8 Å². The summed E-state index contributed by atoms with van der Waals surface area (Å²) in [5, 5.41) is 8.38. The summed E-state index contributed by atoms with van der Waals surface area (Å²) in [5.41, 5.74) is 2.17. The lowest BCUT2D eigenvalue weighted by molar-refractivity contribution is 0.457. The van der Waals surface area contributed by atoms with E-state index in [1.54, 1.807) is 0 Å². The topological polar surface area (TPSA) is 38.9 Å². The first-order valence-electron chi connectivity index (χ1n) is 6.33. The van der Waals surface area contributed by atoms with Crippen LogP contribution >= 0.6 is 15.9 Å². The van der Waals surface area contributed by atoms with E-state index in [1.165, 1.54) is 31.2 Å². The van der Waals surface area contributed by atoms with Gasteiger partial charge in [0.25, 0.3) is 0 Å². The quantitative estimate of drug-likeness (QED) is 0.822. The van der Waals surface area contributed by atoms with Crippen LogP contribution in [0.2, 0.25) is 0 Å². The zero-order chi connectivity index (χ0) is 12.5. The number of nitrogens with zero attached hydrogens (tertiary/aromatic N) is 2. The summed E-state index contributed by atoms with van der Waals surface area (Å²) >= 11 is 3.49. The summed E-state index contributed by atoms with van der Waals surface area (Å²) in [6.07, 6.45) is 4.91. The Bertz CT molecular complexity index is 538. The summed E-state index contributed by atoms with van der Waals surface area (Å²) in [7, 11) is 0. The Morgan fingerprint density at radius 1 is 1.17 bits per heavy atom. The number of rotatable bonds is 2. The molecule has 3 nitrogen and oxygen atoms in total. The van der Waals surface area contributed by atoms with Gasteiger partial charge in [-0.15, -0.1) is 10.2 Å². The van der Waals surface area contributed by atoms with Crippen LogP contribution in [-0.2, 0) is 0 Å². The van der Waals surface area contributed by atoms with E-state index < -0.39 is 0 Å². The number of aromatic nitrogens is 2. The molecule has 18 heavy (non-hydrogen) atoms. The van der Waals surface area contributed by atoms with Crippen molar-refractivity contribution in [3.8, 4) is 11.5 Å². The van der Waals surface area contributed by atoms with Gasteiger partial charge in [0, 0.05) is 16.0 Å². The minimum absolute atomic E-state index is 0.472. The van der Waals surface area contributed by atoms with Crippen molar-refractivity contribution < 1.29 is 4.42 Å². The van der Waals surface area contributed by atoms with Crippen molar-refractivity contribution in [3.05, 3.63) is 34.1 Å². The highest BCUT2D eigenvalue weighted by atomic mass is 79.9. The second-order valence-corrected chi connectivity index (χ2v) is 5.86. The van der Waals surface area contributed by atoms with Crippen LogP contribution in [0.25, 0.3) is 11.5 Å². The number of benzene rings is 1. The molecule has 0 unspecified atom stereocenters. The van der Waals surface area contributed by atoms with Gasteiger partial charge < -0.3 is 4.42 Å². The Balaban J connectivity index is 1.92. The van der Waals surface area contributed by atoms with Gasteiger partial charge in [0.15, 0.2) is 0 Å². The van der Waals surface area contributed by atoms with Gasteiger partial charge in [0.05, 0.1) is 0 Å². The van der Waals surface area contributed by atoms with E-state index in [0.717, 1.165) is 15.9 Å². The molecule has 0 N–H and O–H groups in total. The van der Waals surface area contributed by atoms with Crippen LogP contribution in [0.1, 0.15) is 43.1 Å². The number of halogens is 1. The second-order valence-electron chi connectivity index (χ2n) is 4.94. The van der Waals surface area contributed by atoms with Crippen LogP contribution in [0.5, 0.6) is 0 Å². The van der Waals surface area contributed by atoms with Gasteiger partial charge in [0.2, 0.25) is 11.8 Å². The highest BCUT2D eigenvalue weighted by molar-refractivity contribution is 9.10. The molecule has 0 bridgehead atoms. The van der Waals surface area contributed by atoms with Gasteiger partial charge in [0.1, 0.15) is 0 Å². The molecule has 1 aromatic carbocycles. The Morgan fingerprint density at radius 3 is 2.67 bits per heavy atom. The van der Waals surface area contributed by atoms with Crippen molar-refractivity contribution in [2.24, 2.45) is 0 Å². The summed E-state index contributed by atoms with van der Waals surface area (Å²) in [6, 6.07) is 6.15. The molecule has 1 heterocycles. The minimum atomic E-state index is 0.472. The summed E-state index contributed by atoms with van der Waals surface area (Å²) < 4.78 is 6.86. The molecular formula is C14H15BrN2O. The van der Waals surface area contributed by atoms with E-state index >= 15 is 0 Å². The van der Waals surface area contributed by atoms with E-state index in [1.807, 2.05) is 6.07 Å². The molecular weight excluding hydrogens is 292 g/mol. The molecule has 1 fully saturated rings. The molecule has 1 aliphatic rings. The molecule has 0 radical (unpaired) electrons. The second kappa shape index (κ2) is 4.84. The lowest BCUT2D eigenvalue weighted by atomic mass is 10.1. The van der Waals surface area contributed by atoms with Crippen LogP contribution < -0.4 is 0 Å². The molecule has 0 amide bonds. The van der Waals surface area contributed by atoms with Crippen molar-refractivity contribution in [2.75, 3.05) is 0 Å². The molecule has 0 aliphatic heterocycles. The predicted molar refractivity (Wildman–Crippen MR) is 73.4 cm³/mol. The van der Waals surface area contributed by atoms with E-state index in [-0.39, 0.29) is 0 Å². The normalized spacial score (nSPS) is 16.3. The number of aryl methyl sites for hydroxylation is 1. The first-order chi connectivity index (χ1) is 8.72. The average molecular weight is 307 g/mol. The van der Waals surface area contributed by atoms with Gasteiger partial charge >= 0.3 is 0 Å². The Hall–Kier alpha value is -1.16. The zero-order valence-electron chi connectivity index (χ0n) is 10.3. The van der Waals surface area contributed by atoms with Crippen LogP contribution in [0.15, 0.2) is 27.1 Å². The Labute approximate surface area is 115 Å². The lowest BCUT2D eigenvalue weighted by Gasteiger charge is -2.01. The first-order valence-corrected chi connectivity index (χ1v) is 7.12. The van der Waals surface area contributed by atoms with Gasteiger partial charge in [-0.2, -0.15) is 0 Å². The molecule has 2 aromatic rings. The maximum absolute atomic E-state index is 5.82. The van der Waals surface area contributed by atoms with Crippen LogP contribution in [0, 0.1) is 6.92 Å². The van der Waals surface area contributed by atoms with E-state index in [0.29, 0.717) is 11.8 Å². The fourth-order valence-electron chi connectivity index (χ4n) is 2.55. The van der Waals surface area contributed by atoms with Gasteiger partial charge in [-0.3, -0.25) is 0 Å². The monoisotopic (exact) mass is 306 g/mol. The van der Waals surface area contributed by atoms with Crippen LogP contribution in [-0.4, -0.2) is 10.2 Å². The molecule has 94 valence electrons. The summed E-state index contributed by atoms with van der Waals surface area (Å²) in [6.45, 7) is 2.06. The highest BCUT2D eigenvalue weighted by Gasteiger charge is 2.23. The third kappa shape index (κ3) is 2.34. The predicted octanol–water partition coefficient (Wildman–Crippen LogP) is 4.47. The third-order valence-electron chi connectivity index (χ3n) is 3.43. The van der Waals surface area contributed by atoms with Crippen LogP contribution in [0.4, 0.5) is 0 Å². The largest absolute Gasteiger partial charge is 0.420 e. The molecule has 3 rings (SSSR count). The Morgan fingerprint density at radius 2 is 1.94 bits per heavy atom.